The highest BCUT2D eigenvalue weighted by atomic mass is 16.4. The molecule has 0 bridgehead atoms. The zero-order chi connectivity index (χ0) is 9.14. The van der Waals surface area contributed by atoms with Crippen LogP contribution in [0.5, 0.6) is 0 Å². The summed E-state index contributed by atoms with van der Waals surface area (Å²) >= 11 is 0. The zero-order valence-electron chi connectivity index (χ0n) is 7.10. The van der Waals surface area contributed by atoms with Crippen molar-refractivity contribution in [3.8, 4) is 0 Å². The van der Waals surface area contributed by atoms with Crippen LogP contribution in [0.4, 0.5) is 0 Å². The zero-order valence-corrected chi connectivity index (χ0v) is 7.10. The largest absolute Gasteiger partial charge is 0.409 e. The van der Waals surface area contributed by atoms with Gasteiger partial charge < -0.3 is 20.2 Å². The van der Waals surface area contributed by atoms with E-state index in [1.807, 2.05) is 0 Å². The minimum atomic E-state index is 0.284. The Balaban J connectivity index is 2.91. The Bertz CT molecular complexity index is 202. The molecule has 1 aliphatic rings. The Morgan fingerprint density at radius 3 is 1.58 bits per heavy atom. The van der Waals surface area contributed by atoms with Crippen molar-refractivity contribution in [1.82, 2.24) is 9.80 Å². The molecule has 0 aromatic heterocycles. The van der Waals surface area contributed by atoms with Crippen molar-refractivity contribution in [2.75, 3.05) is 27.2 Å². The SMILES string of the molecule is CN1CCN(C)C(=N/O)/C1=N/O. The summed E-state index contributed by atoms with van der Waals surface area (Å²) in [5, 5.41) is 23.3. The number of amidine groups is 2. The van der Waals surface area contributed by atoms with Crippen LogP contribution in [0.3, 0.4) is 0 Å². The molecule has 0 atom stereocenters. The molecule has 2 N–H and O–H groups in total. The molecule has 6 heteroatoms. The molecular formula is C6H12N4O2. The van der Waals surface area contributed by atoms with Gasteiger partial charge in [-0.1, -0.05) is 10.3 Å². The van der Waals surface area contributed by atoms with Gasteiger partial charge in [-0.05, 0) is 0 Å². The fourth-order valence-electron chi connectivity index (χ4n) is 1.10. The summed E-state index contributed by atoms with van der Waals surface area (Å²) < 4.78 is 0. The Morgan fingerprint density at radius 1 is 1.00 bits per heavy atom. The van der Waals surface area contributed by atoms with Crippen LogP contribution in [0.1, 0.15) is 0 Å². The molecule has 1 fully saturated rings. The van der Waals surface area contributed by atoms with E-state index in [4.69, 9.17) is 10.4 Å². The van der Waals surface area contributed by atoms with Crippen molar-refractivity contribution in [2.24, 2.45) is 10.3 Å². The first-order valence-corrected chi connectivity index (χ1v) is 3.57. The van der Waals surface area contributed by atoms with Gasteiger partial charge in [-0.2, -0.15) is 0 Å². The molecule has 1 aliphatic heterocycles. The number of piperazine rings is 1. The highest BCUT2D eigenvalue weighted by Crippen LogP contribution is 2.02. The van der Waals surface area contributed by atoms with E-state index < -0.39 is 0 Å². The van der Waals surface area contributed by atoms with E-state index in [9.17, 15) is 0 Å². The number of rotatable bonds is 0. The maximum Gasteiger partial charge on any atom is 0.214 e. The van der Waals surface area contributed by atoms with Crippen molar-refractivity contribution in [2.45, 2.75) is 0 Å². The predicted octanol–water partition coefficient (Wildman–Crippen LogP) is -0.561. The van der Waals surface area contributed by atoms with E-state index in [2.05, 4.69) is 10.3 Å². The third kappa shape index (κ3) is 1.27. The maximum absolute atomic E-state index is 8.61. The third-order valence-electron chi connectivity index (χ3n) is 1.88. The average Bonchev–Trinajstić information content (AvgIpc) is 2.08. The molecule has 0 aromatic rings. The molecule has 68 valence electrons. The van der Waals surface area contributed by atoms with Crippen LogP contribution in [0.25, 0.3) is 0 Å². The molecule has 0 radical (unpaired) electrons. The Hall–Kier alpha value is -1.46. The lowest BCUT2D eigenvalue weighted by Gasteiger charge is -2.32. The second-order valence-electron chi connectivity index (χ2n) is 2.69. The van der Waals surface area contributed by atoms with E-state index in [1.165, 1.54) is 0 Å². The van der Waals surface area contributed by atoms with E-state index in [1.54, 1.807) is 23.9 Å². The molecule has 0 spiro atoms. The van der Waals surface area contributed by atoms with Gasteiger partial charge in [0.05, 0.1) is 0 Å². The summed E-state index contributed by atoms with van der Waals surface area (Å²) in [7, 11) is 3.54. The van der Waals surface area contributed by atoms with E-state index >= 15 is 0 Å². The summed E-state index contributed by atoms with van der Waals surface area (Å²) in [4.78, 5) is 3.43. The number of hydrogen-bond acceptors (Lipinski definition) is 4. The number of hydrogen-bond donors (Lipinski definition) is 2. The standard InChI is InChI=1S/C6H12N4O2/c1-9-3-4-10(2)6(8-12)5(9)7-11/h11-12H,3-4H2,1-2H3/b7-5-,8-6+. The Kier molecular flexibility index (Phi) is 2.37. The molecule has 1 heterocycles. The molecule has 0 aliphatic carbocycles. The first kappa shape index (κ1) is 8.63. The second kappa shape index (κ2) is 3.29. The fourth-order valence-corrected chi connectivity index (χ4v) is 1.10. The summed E-state index contributed by atoms with van der Waals surface area (Å²) in [6.45, 7) is 1.49. The van der Waals surface area contributed by atoms with Gasteiger partial charge >= 0.3 is 0 Å². The lowest BCUT2D eigenvalue weighted by Crippen LogP contribution is -2.51. The van der Waals surface area contributed by atoms with Crippen LogP contribution in [-0.4, -0.2) is 59.1 Å². The monoisotopic (exact) mass is 172 g/mol. The molecule has 0 unspecified atom stereocenters. The molecule has 0 amide bonds. The first-order valence-electron chi connectivity index (χ1n) is 3.57. The second-order valence-corrected chi connectivity index (χ2v) is 2.69. The van der Waals surface area contributed by atoms with Crippen LogP contribution < -0.4 is 0 Å². The third-order valence-corrected chi connectivity index (χ3v) is 1.88. The fraction of sp³-hybridized carbons (Fsp3) is 0.667. The molecular weight excluding hydrogens is 160 g/mol. The minimum Gasteiger partial charge on any atom is -0.409 e. The topological polar surface area (TPSA) is 71.7 Å². The van der Waals surface area contributed by atoms with Gasteiger partial charge in [-0.25, -0.2) is 0 Å². The van der Waals surface area contributed by atoms with Crippen molar-refractivity contribution < 1.29 is 10.4 Å². The number of oxime groups is 2. The average molecular weight is 172 g/mol. The van der Waals surface area contributed by atoms with Crippen molar-refractivity contribution >= 4 is 11.7 Å². The quantitative estimate of drug-likeness (QED) is 0.379. The lowest BCUT2D eigenvalue weighted by atomic mass is 10.3. The van der Waals surface area contributed by atoms with Crippen LogP contribution in [0, 0.1) is 0 Å². The minimum absolute atomic E-state index is 0.284. The number of likely N-dealkylation sites (N-methyl/N-ethyl adjacent to an activating group) is 2. The van der Waals surface area contributed by atoms with Gasteiger partial charge in [0.2, 0.25) is 11.7 Å². The molecule has 12 heavy (non-hydrogen) atoms. The molecule has 6 nitrogen and oxygen atoms in total. The summed E-state index contributed by atoms with van der Waals surface area (Å²) in [6.07, 6.45) is 0. The van der Waals surface area contributed by atoms with E-state index in [0.717, 1.165) is 13.1 Å². The lowest BCUT2D eigenvalue weighted by molar-refractivity contribution is 0.281. The summed E-state index contributed by atoms with van der Waals surface area (Å²) in [5.41, 5.74) is 0. The predicted molar refractivity (Wildman–Crippen MR) is 43.7 cm³/mol. The smallest absolute Gasteiger partial charge is 0.214 e. The van der Waals surface area contributed by atoms with E-state index in [0.29, 0.717) is 0 Å². The van der Waals surface area contributed by atoms with Crippen molar-refractivity contribution in [3.63, 3.8) is 0 Å². The van der Waals surface area contributed by atoms with Gasteiger partial charge in [0.1, 0.15) is 0 Å². The van der Waals surface area contributed by atoms with Crippen LogP contribution >= 0.6 is 0 Å². The van der Waals surface area contributed by atoms with Crippen LogP contribution in [0.2, 0.25) is 0 Å². The normalized spacial score (nSPS) is 25.5. The molecule has 0 aromatic carbocycles. The molecule has 1 saturated heterocycles. The van der Waals surface area contributed by atoms with Crippen LogP contribution in [-0.2, 0) is 0 Å². The summed E-state index contributed by atoms with van der Waals surface area (Å²) in [6, 6.07) is 0. The molecule has 0 saturated carbocycles. The highest BCUT2D eigenvalue weighted by Gasteiger charge is 2.24. The Morgan fingerprint density at radius 2 is 1.33 bits per heavy atom. The van der Waals surface area contributed by atoms with Gasteiger partial charge in [0.15, 0.2) is 0 Å². The maximum atomic E-state index is 8.61. The van der Waals surface area contributed by atoms with Gasteiger partial charge in [-0.3, -0.25) is 0 Å². The van der Waals surface area contributed by atoms with Crippen molar-refractivity contribution in [1.29, 1.82) is 0 Å². The van der Waals surface area contributed by atoms with Gasteiger partial charge in [0, 0.05) is 27.2 Å². The number of nitrogens with zero attached hydrogens (tertiary/aromatic N) is 4. The van der Waals surface area contributed by atoms with E-state index in [-0.39, 0.29) is 11.7 Å². The van der Waals surface area contributed by atoms with Gasteiger partial charge in [0.25, 0.3) is 0 Å². The Labute approximate surface area is 70.4 Å². The first-order chi connectivity index (χ1) is 5.70. The van der Waals surface area contributed by atoms with Crippen molar-refractivity contribution in [3.05, 3.63) is 0 Å². The van der Waals surface area contributed by atoms with Gasteiger partial charge in [-0.15, -0.1) is 0 Å². The summed E-state index contributed by atoms with van der Waals surface area (Å²) in [5.74, 6) is 0.567. The highest BCUT2D eigenvalue weighted by molar-refractivity contribution is 6.40. The molecule has 1 rings (SSSR count). The van der Waals surface area contributed by atoms with Crippen LogP contribution in [0.15, 0.2) is 10.3 Å².